The average Bonchev–Trinajstić information content (AvgIpc) is 2.83. The molecule has 102 valence electrons. The molecule has 0 aliphatic carbocycles. The monoisotopic (exact) mass is 303 g/mol. The van der Waals surface area contributed by atoms with Crippen molar-refractivity contribution in [2.45, 2.75) is 6.54 Å². The fourth-order valence-corrected chi connectivity index (χ4v) is 3.44. The Balaban J connectivity index is 2.14. The van der Waals surface area contributed by atoms with Gasteiger partial charge in [-0.15, -0.1) is 11.3 Å². The Labute approximate surface area is 126 Å². The van der Waals surface area contributed by atoms with Crippen molar-refractivity contribution in [1.29, 1.82) is 0 Å². The molecule has 0 amide bonds. The molecule has 3 rings (SSSR count). The Morgan fingerprint density at radius 3 is 2.60 bits per heavy atom. The van der Waals surface area contributed by atoms with Crippen molar-refractivity contribution in [3.63, 3.8) is 0 Å². The highest BCUT2D eigenvalue weighted by atomic mass is 35.5. The Hall–Kier alpha value is -1.49. The predicted molar refractivity (Wildman–Crippen MR) is 85.3 cm³/mol. The quantitative estimate of drug-likeness (QED) is 0.683. The van der Waals surface area contributed by atoms with Gasteiger partial charge in [0, 0.05) is 10.9 Å². The van der Waals surface area contributed by atoms with Gasteiger partial charge in [0.15, 0.2) is 0 Å². The average molecular weight is 304 g/mol. The van der Waals surface area contributed by atoms with Crippen LogP contribution in [0.25, 0.3) is 21.3 Å². The zero-order valence-corrected chi connectivity index (χ0v) is 12.9. The number of aromatic nitrogens is 2. The van der Waals surface area contributed by atoms with Gasteiger partial charge in [-0.25, -0.2) is 9.97 Å². The number of fused-ring (bicyclic) bond motifs is 1. The summed E-state index contributed by atoms with van der Waals surface area (Å²) < 4.78 is 0. The summed E-state index contributed by atoms with van der Waals surface area (Å²) in [7, 11) is 3.98. The summed E-state index contributed by atoms with van der Waals surface area (Å²) in [6.07, 6.45) is 0. The number of hydrogen-bond acceptors (Lipinski definition) is 4. The van der Waals surface area contributed by atoms with Crippen LogP contribution in [-0.4, -0.2) is 29.0 Å². The summed E-state index contributed by atoms with van der Waals surface area (Å²) >= 11 is 7.99. The van der Waals surface area contributed by atoms with Crippen LogP contribution >= 0.6 is 22.9 Å². The number of benzene rings is 1. The van der Waals surface area contributed by atoms with Crippen molar-refractivity contribution in [3.05, 3.63) is 46.7 Å². The molecule has 0 N–H and O–H groups in total. The van der Waals surface area contributed by atoms with Gasteiger partial charge in [-0.1, -0.05) is 41.9 Å². The van der Waals surface area contributed by atoms with Crippen LogP contribution in [0.2, 0.25) is 5.15 Å². The van der Waals surface area contributed by atoms with E-state index in [1.54, 1.807) is 11.3 Å². The number of halogens is 1. The van der Waals surface area contributed by atoms with Crippen LogP contribution in [0.5, 0.6) is 0 Å². The minimum absolute atomic E-state index is 0.534. The zero-order valence-electron chi connectivity index (χ0n) is 11.3. The molecule has 0 unspecified atom stereocenters. The first kappa shape index (κ1) is 13.5. The summed E-state index contributed by atoms with van der Waals surface area (Å²) in [5.41, 5.74) is 2.25. The molecule has 0 fully saturated rings. The Morgan fingerprint density at radius 2 is 1.90 bits per heavy atom. The van der Waals surface area contributed by atoms with Crippen molar-refractivity contribution < 1.29 is 0 Å². The number of hydrogen-bond donors (Lipinski definition) is 0. The van der Waals surface area contributed by atoms with Gasteiger partial charge in [0.2, 0.25) is 0 Å². The summed E-state index contributed by atoms with van der Waals surface area (Å²) in [4.78, 5) is 12.0. The minimum atomic E-state index is 0.534. The van der Waals surface area contributed by atoms with Crippen LogP contribution in [0.15, 0.2) is 35.7 Å². The van der Waals surface area contributed by atoms with Gasteiger partial charge in [-0.2, -0.15) is 0 Å². The Morgan fingerprint density at radius 1 is 1.15 bits per heavy atom. The van der Waals surface area contributed by atoms with Crippen LogP contribution in [-0.2, 0) is 6.54 Å². The van der Waals surface area contributed by atoms with Crippen molar-refractivity contribution in [2.75, 3.05) is 14.1 Å². The SMILES string of the molecule is CN(C)Cc1nc(Cl)c2c(-c3ccccc3)csc2n1. The molecule has 3 nitrogen and oxygen atoms in total. The maximum Gasteiger partial charge on any atom is 0.145 e. The second-order valence-electron chi connectivity index (χ2n) is 4.86. The van der Waals surface area contributed by atoms with E-state index in [0.29, 0.717) is 11.7 Å². The smallest absolute Gasteiger partial charge is 0.145 e. The summed E-state index contributed by atoms with van der Waals surface area (Å²) in [5, 5.41) is 3.58. The summed E-state index contributed by atoms with van der Waals surface area (Å²) in [5.74, 6) is 0.758. The van der Waals surface area contributed by atoms with Crippen molar-refractivity contribution in [1.82, 2.24) is 14.9 Å². The summed E-state index contributed by atoms with van der Waals surface area (Å²) in [6.45, 7) is 0.689. The second-order valence-corrected chi connectivity index (χ2v) is 6.08. The van der Waals surface area contributed by atoms with Gasteiger partial charge in [-0.3, -0.25) is 0 Å². The lowest BCUT2D eigenvalue weighted by Gasteiger charge is -2.08. The van der Waals surface area contributed by atoms with Gasteiger partial charge < -0.3 is 4.90 Å². The van der Waals surface area contributed by atoms with E-state index < -0.39 is 0 Å². The predicted octanol–water partition coefficient (Wildman–Crippen LogP) is 4.07. The van der Waals surface area contributed by atoms with E-state index in [0.717, 1.165) is 27.2 Å². The van der Waals surface area contributed by atoms with Gasteiger partial charge in [-0.05, 0) is 19.7 Å². The Bertz CT molecular complexity index is 737. The zero-order chi connectivity index (χ0) is 14.1. The maximum absolute atomic E-state index is 6.38. The van der Waals surface area contributed by atoms with Crippen LogP contribution in [0, 0.1) is 0 Å². The molecule has 2 heterocycles. The van der Waals surface area contributed by atoms with E-state index >= 15 is 0 Å². The molecule has 0 atom stereocenters. The van der Waals surface area contributed by atoms with Crippen molar-refractivity contribution in [3.8, 4) is 11.1 Å². The first-order chi connectivity index (χ1) is 9.65. The molecule has 0 bridgehead atoms. The Kier molecular flexibility index (Phi) is 3.70. The third-order valence-electron chi connectivity index (χ3n) is 2.98. The molecule has 0 spiro atoms. The third-order valence-corrected chi connectivity index (χ3v) is 4.12. The molecule has 3 aromatic rings. The maximum atomic E-state index is 6.38. The fraction of sp³-hybridized carbons (Fsp3) is 0.200. The molecule has 0 aliphatic rings. The molecule has 5 heteroatoms. The van der Waals surface area contributed by atoms with E-state index in [-0.39, 0.29) is 0 Å². The van der Waals surface area contributed by atoms with Crippen molar-refractivity contribution >= 4 is 33.2 Å². The van der Waals surface area contributed by atoms with Crippen LogP contribution in [0.4, 0.5) is 0 Å². The lowest BCUT2D eigenvalue weighted by molar-refractivity contribution is 0.391. The minimum Gasteiger partial charge on any atom is -0.302 e. The molecular formula is C15H14ClN3S. The number of thiophene rings is 1. The second kappa shape index (κ2) is 5.48. The van der Waals surface area contributed by atoms with E-state index in [1.165, 1.54) is 0 Å². The van der Waals surface area contributed by atoms with Crippen molar-refractivity contribution in [2.24, 2.45) is 0 Å². The van der Waals surface area contributed by atoms with Crippen LogP contribution < -0.4 is 0 Å². The normalized spacial score (nSPS) is 11.4. The largest absolute Gasteiger partial charge is 0.302 e. The number of nitrogens with zero attached hydrogens (tertiary/aromatic N) is 3. The standard InChI is InChI=1S/C15H14ClN3S/c1-19(2)8-12-17-14(16)13-11(9-20-15(13)18-12)10-6-4-3-5-7-10/h3-7,9H,8H2,1-2H3. The molecular weight excluding hydrogens is 290 g/mol. The van der Waals surface area contributed by atoms with Gasteiger partial charge in [0.1, 0.15) is 15.8 Å². The highest BCUT2D eigenvalue weighted by Gasteiger charge is 2.14. The van der Waals surface area contributed by atoms with Gasteiger partial charge in [0.25, 0.3) is 0 Å². The third kappa shape index (κ3) is 2.54. The lowest BCUT2D eigenvalue weighted by Crippen LogP contribution is -2.13. The van der Waals surface area contributed by atoms with E-state index in [1.807, 2.05) is 37.2 Å². The first-order valence-electron chi connectivity index (χ1n) is 6.29. The highest BCUT2D eigenvalue weighted by Crippen LogP contribution is 2.36. The molecule has 0 saturated carbocycles. The molecule has 20 heavy (non-hydrogen) atoms. The molecule has 1 aromatic carbocycles. The highest BCUT2D eigenvalue weighted by molar-refractivity contribution is 7.17. The number of rotatable bonds is 3. The topological polar surface area (TPSA) is 29.0 Å². The fourth-order valence-electron chi connectivity index (χ4n) is 2.12. The molecule has 0 saturated heterocycles. The lowest BCUT2D eigenvalue weighted by atomic mass is 10.1. The summed E-state index contributed by atoms with van der Waals surface area (Å²) in [6, 6.07) is 10.2. The van der Waals surface area contributed by atoms with Gasteiger partial charge in [0.05, 0.1) is 11.9 Å². The molecule has 2 aromatic heterocycles. The first-order valence-corrected chi connectivity index (χ1v) is 7.54. The van der Waals surface area contributed by atoms with E-state index in [4.69, 9.17) is 11.6 Å². The van der Waals surface area contributed by atoms with E-state index in [9.17, 15) is 0 Å². The molecule has 0 aliphatic heterocycles. The van der Waals surface area contributed by atoms with E-state index in [2.05, 4.69) is 27.5 Å². The van der Waals surface area contributed by atoms with Gasteiger partial charge >= 0.3 is 0 Å². The van der Waals surface area contributed by atoms with Crippen LogP contribution in [0.1, 0.15) is 5.82 Å². The van der Waals surface area contributed by atoms with Crippen LogP contribution in [0.3, 0.4) is 0 Å². The molecule has 0 radical (unpaired) electrons.